The zero-order chi connectivity index (χ0) is 9.80. The van der Waals surface area contributed by atoms with E-state index < -0.39 is 0 Å². The SMILES string of the molecule is NCc1cc(CC2CCCCN2)n[nH]1. The van der Waals surface area contributed by atoms with E-state index in [2.05, 4.69) is 21.6 Å². The van der Waals surface area contributed by atoms with Crippen LogP contribution in [-0.4, -0.2) is 22.8 Å². The standard InChI is InChI=1S/C10H18N4/c11-7-10-6-9(13-14-10)5-8-3-1-2-4-12-8/h6,8,12H,1-5,7,11H2,(H,13,14). The molecule has 1 saturated heterocycles. The fourth-order valence-electron chi connectivity index (χ4n) is 1.97. The van der Waals surface area contributed by atoms with E-state index in [-0.39, 0.29) is 0 Å². The second-order valence-electron chi connectivity index (χ2n) is 3.94. The highest BCUT2D eigenvalue weighted by molar-refractivity contribution is 5.09. The first-order chi connectivity index (χ1) is 6.88. The predicted octanol–water partition coefficient (Wildman–Crippen LogP) is 0.553. The zero-order valence-corrected chi connectivity index (χ0v) is 8.42. The Balaban J connectivity index is 1.89. The van der Waals surface area contributed by atoms with Crippen molar-refractivity contribution >= 4 is 0 Å². The van der Waals surface area contributed by atoms with E-state index in [4.69, 9.17) is 5.73 Å². The van der Waals surface area contributed by atoms with Crippen LogP contribution in [0.1, 0.15) is 30.7 Å². The van der Waals surface area contributed by atoms with Gasteiger partial charge in [-0.05, 0) is 25.5 Å². The molecule has 2 rings (SSSR count). The lowest BCUT2D eigenvalue weighted by molar-refractivity contribution is 0.397. The minimum Gasteiger partial charge on any atom is -0.325 e. The molecule has 4 nitrogen and oxygen atoms in total. The number of H-pyrrole nitrogens is 1. The lowest BCUT2D eigenvalue weighted by Crippen LogP contribution is -2.35. The summed E-state index contributed by atoms with van der Waals surface area (Å²) in [7, 11) is 0. The topological polar surface area (TPSA) is 66.7 Å². The monoisotopic (exact) mass is 194 g/mol. The van der Waals surface area contributed by atoms with E-state index in [1.165, 1.54) is 19.3 Å². The van der Waals surface area contributed by atoms with Gasteiger partial charge in [0.25, 0.3) is 0 Å². The van der Waals surface area contributed by atoms with Crippen molar-refractivity contribution in [2.24, 2.45) is 5.73 Å². The largest absolute Gasteiger partial charge is 0.325 e. The Morgan fingerprint density at radius 3 is 3.07 bits per heavy atom. The summed E-state index contributed by atoms with van der Waals surface area (Å²) >= 11 is 0. The number of nitrogens with zero attached hydrogens (tertiary/aromatic N) is 1. The molecule has 1 fully saturated rings. The summed E-state index contributed by atoms with van der Waals surface area (Å²) in [4.78, 5) is 0. The van der Waals surface area contributed by atoms with Crippen molar-refractivity contribution < 1.29 is 0 Å². The van der Waals surface area contributed by atoms with E-state index in [0.29, 0.717) is 12.6 Å². The molecule has 1 aromatic heterocycles. The molecule has 0 aliphatic carbocycles. The molecule has 4 heteroatoms. The molecule has 1 aliphatic heterocycles. The van der Waals surface area contributed by atoms with Crippen LogP contribution in [0, 0.1) is 0 Å². The highest BCUT2D eigenvalue weighted by Gasteiger charge is 2.14. The van der Waals surface area contributed by atoms with Crippen LogP contribution in [0.2, 0.25) is 0 Å². The van der Waals surface area contributed by atoms with Gasteiger partial charge in [0, 0.05) is 24.7 Å². The summed E-state index contributed by atoms with van der Waals surface area (Å²) in [6, 6.07) is 2.67. The van der Waals surface area contributed by atoms with Gasteiger partial charge >= 0.3 is 0 Å². The normalized spacial score (nSPS) is 22.5. The molecule has 1 atom stereocenters. The first-order valence-electron chi connectivity index (χ1n) is 5.35. The summed E-state index contributed by atoms with van der Waals surface area (Å²) in [5.41, 5.74) is 7.66. The van der Waals surface area contributed by atoms with Gasteiger partial charge in [-0.1, -0.05) is 6.42 Å². The molecule has 2 heterocycles. The molecule has 1 aromatic rings. The van der Waals surface area contributed by atoms with Crippen molar-refractivity contribution in [3.8, 4) is 0 Å². The summed E-state index contributed by atoms with van der Waals surface area (Å²) in [6.07, 6.45) is 4.94. The third kappa shape index (κ3) is 2.33. The number of hydrogen-bond acceptors (Lipinski definition) is 3. The lowest BCUT2D eigenvalue weighted by atomic mass is 10.0. The fourth-order valence-corrected chi connectivity index (χ4v) is 1.97. The van der Waals surface area contributed by atoms with Crippen molar-refractivity contribution in [1.29, 1.82) is 0 Å². The Labute approximate surface area is 84.3 Å². The van der Waals surface area contributed by atoms with Gasteiger partial charge in [-0.2, -0.15) is 5.10 Å². The first-order valence-corrected chi connectivity index (χ1v) is 5.35. The highest BCUT2D eigenvalue weighted by atomic mass is 15.1. The van der Waals surface area contributed by atoms with Gasteiger partial charge in [0.15, 0.2) is 0 Å². The van der Waals surface area contributed by atoms with Gasteiger partial charge < -0.3 is 11.1 Å². The van der Waals surface area contributed by atoms with Crippen LogP contribution in [0.15, 0.2) is 6.07 Å². The number of nitrogens with one attached hydrogen (secondary N) is 2. The number of piperidine rings is 1. The molecule has 0 spiro atoms. The Morgan fingerprint density at radius 2 is 2.43 bits per heavy atom. The van der Waals surface area contributed by atoms with Crippen LogP contribution in [0.25, 0.3) is 0 Å². The Hall–Kier alpha value is -0.870. The number of aromatic amines is 1. The molecule has 0 bridgehead atoms. The minimum atomic E-state index is 0.547. The third-order valence-corrected chi connectivity index (χ3v) is 2.77. The lowest BCUT2D eigenvalue weighted by Gasteiger charge is -2.22. The molecule has 0 radical (unpaired) electrons. The van der Waals surface area contributed by atoms with E-state index in [9.17, 15) is 0 Å². The van der Waals surface area contributed by atoms with E-state index in [1.54, 1.807) is 0 Å². The first kappa shape index (κ1) is 9.68. The zero-order valence-electron chi connectivity index (χ0n) is 8.42. The van der Waals surface area contributed by atoms with Crippen LogP contribution in [-0.2, 0) is 13.0 Å². The summed E-state index contributed by atoms with van der Waals surface area (Å²) < 4.78 is 0. The third-order valence-electron chi connectivity index (χ3n) is 2.77. The second kappa shape index (κ2) is 4.57. The average Bonchev–Trinajstić information content (AvgIpc) is 2.67. The fraction of sp³-hybridized carbons (Fsp3) is 0.700. The van der Waals surface area contributed by atoms with Gasteiger partial charge in [-0.15, -0.1) is 0 Å². The van der Waals surface area contributed by atoms with E-state index >= 15 is 0 Å². The quantitative estimate of drug-likeness (QED) is 0.658. The number of aromatic nitrogens is 2. The second-order valence-corrected chi connectivity index (χ2v) is 3.94. The number of nitrogens with two attached hydrogens (primary N) is 1. The van der Waals surface area contributed by atoms with Crippen LogP contribution < -0.4 is 11.1 Å². The molecule has 1 unspecified atom stereocenters. The highest BCUT2D eigenvalue weighted by Crippen LogP contribution is 2.11. The summed E-state index contributed by atoms with van der Waals surface area (Å²) in [5.74, 6) is 0. The van der Waals surface area contributed by atoms with Gasteiger partial charge in [0.05, 0.1) is 5.69 Å². The molecule has 0 amide bonds. The molecule has 0 aromatic carbocycles. The van der Waals surface area contributed by atoms with Gasteiger partial charge in [-0.25, -0.2) is 0 Å². The van der Waals surface area contributed by atoms with E-state index in [1.807, 2.05) is 0 Å². The number of hydrogen-bond donors (Lipinski definition) is 3. The molecule has 14 heavy (non-hydrogen) atoms. The minimum absolute atomic E-state index is 0.547. The van der Waals surface area contributed by atoms with Crippen LogP contribution in [0.5, 0.6) is 0 Å². The van der Waals surface area contributed by atoms with Crippen molar-refractivity contribution in [3.63, 3.8) is 0 Å². The number of rotatable bonds is 3. The summed E-state index contributed by atoms with van der Waals surface area (Å²) in [6.45, 7) is 1.70. The summed E-state index contributed by atoms with van der Waals surface area (Å²) in [5, 5.41) is 10.7. The van der Waals surface area contributed by atoms with Gasteiger partial charge in [0.1, 0.15) is 0 Å². The van der Waals surface area contributed by atoms with E-state index in [0.717, 1.165) is 24.4 Å². The van der Waals surface area contributed by atoms with Crippen molar-refractivity contribution in [3.05, 3.63) is 17.5 Å². The van der Waals surface area contributed by atoms with Crippen molar-refractivity contribution in [2.75, 3.05) is 6.54 Å². The molecular formula is C10H18N4. The maximum absolute atomic E-state index is 5.51. The molecular weight excluding hydrogens is 176 g/mol. The molecule has 78 valence electrons. The average molecular weight is 194 g/mol. The van der Waals surface area contributed by atoms with Crippen LogP contribution in [0.3, 0.4) is 0 Å². The van der Waals surface area contributed by atoms with Crippen LogP contribution >= 0.6 is 0 Å². The smallest absolute Gasteiger partial charge is 0.0641 e. The molecule has 1 aliphatic rings. The van der Waals surface area contributed by atoms with Crippen molar-refractivity contribution in [1.82, 2.24) is 15.5 Å². The predicted molar refractivity (Wildman–Crippen MR) is 55.8 cm³/mol. The van der Waals surface area contributed by atoms with Crippen LogP contribution in [0.4, 0.5) is 0 Å². The Morgan fingerprint density at radius 1 is 1.50 bits per heavy atom. The maximum atomic E-state index is 5.51. The molecule has 0 saturated carbocycles. The van der Waals surface area contributed by atoms with Gasteiger partial charge in [0.2, 0.25) is 0 Å². The van der Waals surface area contributed by atoms with Gasteiger partial charge in [-0.3, -0.25) is 5.10 Å². The van der Waals surface area contributed by atoms with Crippen molar-refractivity contribution in [2.45, 2.75) is 38.3 Å². The molecule has 4 N–H and O–H groups in total. The Kier molecular flexibility index (Phi) is 3.16. The Bertz CT molecular complexity index is 275. The maximum Gasteiger partial charge on any atom is 0.0641 e.